The van der Waals surface area contributed by atoms with E-state index in [1.54, 1.807) is 37.3 Å². The Kier molecular flexibility index (Phi) is 9.17. The Bertz CT molecular complexity index is 1420. The predicted molar refractivity (Wildman–Crippen MR) is 151 cm³/mol. The summed E-state index contributed by atoms with van der Waals surface area (Å²) in [4.78, 5) is 28.4. The molecule has 0 heterocycles. The number of nitrogens with one attached hydrogen (secondary N) is 1. The average molecular weight is 554 g/mol. The van der Waals surface area contributed by atoms with Crippen LogP contribution in [-0.4, -0.2) is 43.3 Å². The summed E-state index contributed by atoms with van der Waals surface area (Å²) in [5, 5.41) is 2.88. The van der Waals surface area contributed by atoms with Crippen molar-refractivity contribution in [3.63, 3.8) is 0 Å². The summed E-state index contributed by atoms with van der Waals surface area (Å²) < 4.78 is 42.3. The van der Waals surface area contributed by atoms with Crippen molar-refractivity contribution in [2.45, 2.75) is 64.6 Å². The molecule has 0 radical (unpaired) electrons. The number of halogens is 1. The monoisotopic (exact) mass is 553 g/mol. The fourth-order valence-electron chi connectivity index (χ4n) is 3.99. The molecular weight excluding hydrogens is 517 g/mol. The third-order valence-electron chi connectivity index (χ3n) is 6.11. The van der Waals surface area contributed by atoms with Crippen molar-refractivity contribution in [2.75, 3.05) is 10.8 Å². The molecule has 0 aliphatic rings. The fraction of sp³-hybridized carbons (Fsp3) is 0.333. The Balaban J connectivity index is 2.03. The highest BCUT2D eigenvalue weighted by Crippen LogP contribution is 2.26. The number of amides is 2. The third kappa shape index (κ3) is 7.89. The van der Waals surface area contributed by atoms with Gasteiger partial charge in [-0.1, -0.05) is 42.0 Å². The zero-order valence-corrected chi connectivity index (χ0v) is 24.0. The van der Waals surface area contributed by atoms with Gasteiger partial charge in [0.15, 0.2) is 0 Å². The molecule has 2 amide bonds. The van der Waals surface area contributed by atoms with Gasteiger partial charge in [-0.2, -0.15) is 0 Å². The maximum absolute atomic E-state index is 13.9. The highest BCUT2D eigenvalue weighted by atomic mass is 32.2. The first-order valence-electron chi connectivity index (χ1n) is 12.7. The zero-order chi connectivity index (χ0) is 29.0. The molecule has 0 spiro atoms. The number of carbonyl (C=O) groups excluding carboxylic acids is 2. The standard InChI is InChI=1S/C30H36FN3O4S/c1-21-10-16-27(17-11-21)39(37,38)34(26-9-7-8-22(2)18-26)20-28(35)33(19-24-12-14-25(31)15-13-24)23(3)29(36)32-30(4,5)6/h7-18,23H,19-20H2,1-6H3,(H,32,36). The summed E-state index contributed by atoms with van der Waals surface area (Å²) in [5.41, 5.74) is 2.11. The lowest BCUT2D eigenvalue weighted by atomic mass is 10.1. The van der Waals surface area contributed by atoms with Gasteiger partial charge in [0, 0.05) is 12.1 Å². The molecule has 0 fully saturated rings. The molecule has 1 unspecified atom stereocenters. The third-order valence-corrected chi connectivity index (χ3v) is 7.90. The second-order valence-corrected chi connectivity index (χ2v) is 12.6. The Morgan fingerprint density at radius 3 is 2.10 bits per heavy atom. The number of anilines is 1. The van der Waals surface area contributed by atoms with E-state index in [1.807, 2.05) is 40.7 Å². The Morgan fingerprint density at radius 2 is 1.54 bits per heavy atom. The second-order valence-electron chi connectivity index (χ2n) is 10.7. The van der Waals surface area contributed by atoms with E-state index in [4.69, 9.17) is 0 Å². The highest BCUT2D eigenvalue weighted by molar-refractivity contribution is 7.92. The van der Waals surface area contributed by atoms with Gasteiger partial charge in [0.25, 0.3) is 10.0 Å². The maximum Gasteiger partial charge on any atom is 0.264 e. The van der Waals surface area contributed by atoms with Crippen molar-refractivity contribution in [1.82, 2.24) is 10.2 Å². The Hall–Kier alpha value is -3.72. The van der Waals surface area contributed by atoms with Gasteiger partial charge in [0.2, 0.25) is 11.8 Å². The minimum absolute atomic E-state index is 0.00984. The largest absolute Gasteiger partial charge is 0.350 e. The van der Waals surface area contributed by atoms with Crippen LogP contribution in [0.25, 0.3) is 0 Å². The smallest absolute Gasteiger partial charge is 0.264 e. The van der Waals surface area contributed by atoms with Crippen molar-refractivity contribution in [3.05, 3.63) is 95.3 Å². The van der Waals surface area contributed by atoms with E-state index in [9.17, 15) is 22.4 Å². The van der Waals surface area contributed by atoms with Crippen LogP contribution in [0.1, 0.15) is 44.4 Å². The van der Waals surface area contributed by atoms with Crippen LogP contribution in [-0.2, 0) is 26.2 Å². The summed E-state index contributed by atoms with van der Waals surface area (Å²) in [6.07, 6.45) is 0. The van der Waals surface area contributed by atoms with E-state index < -0.39 is 39.9 Å². The molecule has 7 nitrogen and oxygen atoms in total. The van der Waals surface area contributed by atoms with Crippen molar-refractivity contribution < 1.29 is 22.4 Å². The fourth-order valence-corrected chi connectivity index (χ4v) is 5.40. The van der Waals surface area contributed by atoms with Crippen molar-refractivity contribution in [2.24, 2.45) is 0 Å². The molecule has 3 aromatic carbocycles. The predicted octanol–water partition coefficient (Wildman–Crippen LogP) is 4.97. The van der Waals surface area contributed by atoms with Gasteiger partial charge in [0.05, 0.1) is 10.6 Å². The van der Waals surface area contributed by atoms with E-state index in [2.05, 4.69) is 5.32 Å². The number of hydrogen-bond donors (Lipinski definition) is 1. The van der Waals surface area contributed by atoms with Crippen molar-refractivity contribution in [3.8, 4) is 0 Å². The molecule has 0 aliphatic carbocycles. The second kappa shape index (κ2) is 12.0. The first-order chi connectivity index (χ1) is 18.2. The molecule has 9 heteroatoms. The van der Waals surface area contributed by atoms with Crippen LogP contribution in [0.3, 0.4) is 0 Å². The van der Waals surface area contributed by atoms with Crippen LogP contribution in [0, 0.1) is 19.7 Å². The van der Waals surface area contributed by atoms with Gasteiger partial charge < -0.3 is 10.2 Å². The summed E-state index contributed by atoms with van der Waals surface area (Å²) in [6.45, 7) is 10.2. The average Bonchev–Trinajstić information content (AvgIpc) is 2.85. The molecule has 0 saturated carbocycles. The maximum atomic E-state index is 13.9. The summed E-state index contributed by atoms with van der Waals surface area (Å²) >= 11 is 0. The van der Waals surface area contributed by atoms with Crippen LogP contribution in [0.4, 0.5) is 10.1 Å². The van der Waals surface area contributed by atoms with E-state index in [-0.39, 0.29) is 17.3 Å². The number of sulfonamides is 1. The van der Waals surface area contributed by atoms with E-state index in [0.29, 0.717) is 11.3 Å². The molecule has 3 aromatic rings. The van der Waals surface area contributed by atoms with Crippen LogP contribution < -0.4 is 9.62 Å². The first kappa shape index (κ1) is 29.8. The van der Waals surface area contributed by atoms with Crippen LogP contribution in [0.5, 0.6) is 0 Å². The molecule has 0 aliphatic heterocycles. The van der Waals surface area contributed by atoms with Gasteiger partial charge in [-0.05, 0) is 89.1 Å². The molecule has 0 bridgehead atoms. The number of rotatable bonds is 9. The lowest BCUT2D eigenvalue weighted by molar-refractivity contribution is -0.140. The molecule has 39 heavy (non-hydrogen) atoms. The summed E-state index contributed by atoms with van der Waals surface area (Å²) in [6, 6.07) is 18.0. The van der Waals surface area contributed by atoms with Crippen LogP contribution in [0.2, 0.25) is 0 Å². The number of benzene rings is 3. The number of carbonyl (C=O) groups is 2. The van der Waals surface area contributed by atoms with Crippen molar-refractivity contribution in [1.29, 1.82) is 0 Å². The number of nitrogens with zero attached hydrogens (tertiary/aromatic N) is 2. The van der Waals surface area contributed by atoms with Gasteiger partial charge in [-0.3, -0.25) is 13.9 Å². The van der Waals surface area contributed by atoms with E-state index >= 15 is 0 Å². The molecule has 0 saturated heterocycles. The van der Waals surface area contributed by atoms with Crippen LogP contribution in [0.15, 0.2) is 77.7 Å². The van der Waals surface area contributed by atoms with E-state index in [1.165, 1.54) is 41.3 Å². The summed E-state index contributed by atoms with van der Waals surface area (Å²) in [7, 11) is -4.13. The molecule has 3 rings (SSSR count). The molecule has 208 valence electrons. The SMILES string of the molecule is Cc1ccc(S(=O)(=O)N(CC(=O)N(Cc2ccc(F)cc2)C(C)C(=O)NC(C)(C)C)c2cccc(C)c2)cc1. The molecular formula is C30H36FN3O4S. The molecule has 1 N–H and O–H groups in total. The van der Waals surface area contributed by atoms with Crippen molar-refractivity contribution >= 4 is 27.5 Å². The van der Waals surface area contributed by atoms with Gasteiger partial charge >= 0.3 is 0 Å². The topological polar surface area (TPSA) is 86.8 Å². The quantitative estimate of drug-likeness (QED) is 0.405. The Morgan fingerprint density at radius 1 is 0.923 bits per heavy atom. The first-order valence-corrected chi connectivity index (χ1v) is 14.1. The van der Waals surface area contributed by atoms with Crippen LogP contribution >= 0.6 is 0 Å². The lowest BCUT2D eigenvalue weighted by Crippen LogP contribution is -2.54. The summed E-state index contributed by atoms with van der Waals surface area (Å²) in [5.74, 6) is -1.39. The number of aryl methyl sites for hydroxylation is 2. The van der Waals surface area contributed by atoms with Gasteiger partial charge in [0.1, 0.15) is 18.4 Å². The Labute approximate surface area is 230 Å². The zero-order valence-electron chi connectivity index (χ0n) is 23.2. The highest BCUT2D eigenvalue weighted by Gasteiger charge is 2.33. The normalized spacial score (nSPS) is 12.5. The molecule has 1 atom stereocenters. The minimum Gasteiger partial charge on any atom is -0.350 e. The van der Waals surface area contributed by atoms with Gasteiger partial charge in [-0.25, -0.2) is 12.8 Å². The lowest BCUT2D eigenvalue weighted by Gasteiger charge is -2.33. The van der Waals surface area contributed by atoms with E-state index in [0.717, 1.165) is 15.4 Å². The minimum atomic E-state index is -4.13. The molecule has 0 aromatic heterocycles. The number of hydrogen-bond acceptors (Lipinski definition) is 4. The van der Waals surface area contributed by atoms with Gasteiger partial charge in [-0.15, -0.1) is 0 Å².